The summed E-state index contributed by atoms with van der Waals surface area (Å²) in [5.74, 6) is 0.0178. The number of nitrogens with zero attached hydrogens (tertiary/aromatic N) is 2. The normalized spacial score (nSPS) is 16.7. The molecular weight excluding hydrogens is 218 g/mol. The number of rotatable bonds is 4. The second-order valence-corrected chi connectivity index (χ2v) is 4.39. The lowest BCUT2D eigenvalue weighted by Crippen LogP contribution is -2.15. The first-order valence-corrected chi connectivity index (χ1v) is 6.04. The molecule has 0 aromatic carbocycles. The minimum absolute atomic E-state index is 0.145. The predicted octanol–water partition coefficient (Wildman–Crippen LogP) is 2.02. The Morgan fingerprint density at radius 3 is 2.88 bits per heavy atom. The molecule has 1 aromatic heterocycles. The van der Waals surface area contributed by atoms with E-state index in [-0.39, 0.29) is 6.54 Å². The number of aliphatic carboxylic acids is 1. The van der Waals surface area contributed by atoms with E-state index in [1.807, 2.05) is 6.07 Å². The van der Waals surface area contributed by atoms with Crippen LogP contribution >= 0.6 is 0 Å². The van der Waals surface area contributed by atoms with Gasteiger partial charge in [-0.1, -0.05) is 19.3 Å². The average Bonchev–Trinajstić information content (AvgIpc) is 2.38. The number of hydrogen-bond donors (Lipinski definition) is 2. The number of hydrogen-bond acceptors (Lipinski definition) is 4. The van der Waals surface area contributed by atoms with Crippen LogP contribution in [0.1, 0.15) is 43.7 Å². The third kappa shape index (κ3) is 3.41. The Morgan fingerprint density at radius 2 is 2.18 bits per heavy atom. The molecule has 17 heavy (non-hydrogen) atoms. The fraction of sp³-hybridized carbons (Fsp3) is 0.583. The smallest absolute Gasteiger partial charge is 0.322 e. The van der Waals surface area contributed by atoms with Gasteiger partial charge in [-0.2, -0.15) is 0 Å². The molecular formula is C12H17N3O2. The second kappa shape index (κ2) is 5.61. The van der Waals surface area contributed by atoms with Gasteiger partial charge in [0.15, 0.2) is 0 Å². The van der Waals surface area contributed by atoms with Gasteiger partial charge in [-0.15, -0.1) is 0 Å². The maximum atomic E-state index is 10.4. The Bertz CT molecular complexity index is 389. The van der Waals surface area contributed by atoms with Crippen LogP contribution < -0.4 is 5.32 Å². The number of carboxylic acids is 1. The van der Waals surface area contributed by atoms with Gasteiger partial charge in [0.25, 0.3) is 0 Å². The van der Waals surface area contributed by atoms with Crippen molar-refractivity contribution in [2.45, 2.75) is 38.0 Å². The maximum Gasteiger partial charge on any atom is 0.322 e. The van der Waals surface area contributed by atoms with E-state index in [0.717, 1.165) is 5.69 Å². The lowest BCUT2D eigenvalue weighted by atomic mass is 9.87. The summed E-state index contributed by atoms with van der Waals surface area (Å²) in [6.07, 6.45) is 7.87. The second-order valence-electron chi connectivity index (χ2n) is 4.39. The van der Waals surface area contributed by atoms with Gasteiger partial charge in [0.2, 0.25) is 5.95 Å². The number of carboxylic acid groups (broad SMARTS) is 1. The molecule has 1 aromatic rings. The standard InChI is InChI=1S/C12H17N3O2/c16-11(17)8-14-12-13-7-6-10(15-12)9-4-2-1-3-5-9/h6-7,9H,1-5,8H2,(H,16,17)(H,13,14,15). The Labute approximate surface area is 100 Å². The molecule has 1 saturated carbocycles. The summed E-state index contributed by atoms with van der Waals surface area (Å²) in [5.41, 5.74) is 1.03. The Kier molecular flexibility index (Phi) is 3.90. The van der Waals surface area contributed by atoms with E-state index in [9.17, 15) is 4.79 Å². The molecule has 5 nitrogen and oxygen atoms in total. The Morgan fingerprint density at radius 1 is 1.41 bits per heavy atom. The van der Waals surface area contributed by atoms with Gasteiger partial charge in [0, 0.05) is 17.8 Å². The molecule has 2 rings (SSSR count). The minimum Gasteiger partial charge on any atom is -0.480 e. The van der Waals surface area contributed by atoms with Crippen LogP contribution in [0.15, 0.2) is 12.3 Å². The molecule has 2 N–H and O–H groups in total. The van der Waals surface area contributed by atoms with Crippen LogP contribution in [0.25, 0.3) is 0 Å². The van der Waals surface area contributed by atoms with Crippen molar-refractivity contribution < 1.29 is 9.90 Å². The van der Waals surface area contributed by atoms with Crippen molar-refractivity contribution in [1.29, 1.82) is 0 Å². The van der Waals surface area contributed by atoms with Gasteiger partial charge in [-0.25, -0.2) is 9.97 Å². The first kappa shape index (κ1) is 11.8. The SMILES string of the molecule is O=C(O)CNc1nccc(C2CCCCC2)n1. The van der Waals surface area contributed by atoms with Crippen molar-refractivity contribution in [1.82, 2.24) is 9.97 Å². The van der Waals surface area contributed by atoms with Crippen molar-refractivity contribution in [2.75, 3.05) is 11.9 Å². The predicted molar refractivity (Wildman–Crippen MR) is 64.0 cm³/mol. The summed E-state index contributed by atoms with van der Waals surface area (Å²) in [7, 11) is 0. The van der Waals surface area contributed by atoms with Gasteiger partial charge in [-0.3, -0.25) is 4.79 Å². The van der Waals surface area contributed by atoms with E-state index in [1.165, 1.54) is 32.1 Å². The van der Waals surface area contributed by atoms with Gasteiger partial charge in [-0.05, 0) is 18.9 Å². The zero-order valence-corrected chi connectivity index (χ0v) is 9.72. The zero-order chi connectivity index (χ0) is 12.1. The molecule has 92 valence electrons. The van der Waals surface area contributed by atoms with Gasteiger partial charge in [0.1, 0.15) is 6.54 Å². The van der Waals surface area contributed by atoms with E-state index in [4.69, 9.17) is 5.11 Å². The van der Waals surface area contributed by atoms with Crippen molar-refractivity contribution in [3.63, 3.8) is 0 Å². The number of aromatic nitrogens is 2. The summed E-state index contributed by atoms with van der Waals surface area (Å²) in [6.45, 7) is -0.145. The highest BCUT2D eigenvalue weighted by Gasteiger charge is 2.17. The molecule has 0 saturated heterocycles. The Balaban J connectivity index is 2.02. The zero-order valence-electron chi connectivity index (χ0n) is 9.72. The fourth-order valence-electron chi connectivity index (χ4n) is 2.24. The number of carbonyl (C=O) groups is 1. The van der Waals surface area contributed by atoms with Crippen LogP contribution in [-0.4, -0.2) is 27.6 Å². The van der Waals surface area contributed by atoms with E-state index >= 15 is 0 Å². The van der Waals surface area contributed by atoms with E-state index < -0.39 is 5.97 Å². The summed E-state index contributed by atoms with van der Waals surface area (Å²) in [5, 5.41) is 11.3. The highest BCUT2D eigenvalue weighted by Crippen LogP contribution is 2.31. The van der Waals surface area contributed by atoms with Crippen LogP contribution in [0, 0.1) is 0 Å². The van der Waals surface area contributed by atoms with Crippen LogP contribution in [0.5, 0.6) is 0 Å². The summed E-state index contributed by atoms with van der Waals surface area (Å²) in [6, 6.07) is 1.93. The number of nitrogens with one attached hydrogen (secondary N) is 1. The largest absolute Gasteiger partial charge is 0.480 e. The van der Waals surface area contributed by atoms with Crippen LogP contribution in [-0.2, 0) is 4.79 Å². The maximum absolute atomic E-state index is 10.4. The van der Waals surface area contributed by atoms with Crippen molar-refractivity contribution in [3.8, 4) is 0 Å². The molecule has 1 fully saturated rings. The average molecular weight is 235 g/mol. The lowest BCUT2D eigenvalue weighted by molar-refractivity contribution is -0.134. The summed E-state index contributed by atoms with van der Waals surface area (Å²) < 4.78 is 0. The van der Waals surface area contributed by atoms with Crippen molar-refractivity contribution in [3.05, 3.63) is 18.0 Å². The molecule has 1 heterocycles. The molecule has 5 heteroatoms. The van der Waals surface area contributed by atoms with Crippen molar-refractivity contribution in [2.24, 2.45) is 0 Å². The van der Waals surface area contributed by atoms with Crippen LogP contribution in [0.2, 0.25) is 0 Å². The highest BCUT2D eigenvalue weighted by molar-refractivity contribution is 5.71. The lowest BCUT2D eigenvalue weighted by Gasteiger charge is -2.21. The quantitative estimate of drug-likeness (QED) is 0.835. The van der Waals surface area contributed by atoms with Crippen molar-refractivity contribution >= 4 is 11.9 Å². The van der Waals surface area contributed by atoms with E-state index in [0.29, 0.717) is 11.9 Å². The van der Waals surface area contributed by atoms with Gasteiger partial charge in [0.05, 0.1) is 0 Å². The molecule has 0 atom stereocenters. The van der Waals surface area contributed by atoms with E-state index in [1.54, 1.807) is 6.20 Å². The molecule has 0 unspecified atom stereocenters. The topological polar surface area (TPSA) is 75.1 Å². The molecule has 0 aliphatic heterocycles. The molecule has 1 aliphatic carbocycles. The number of anilines is 1. The molecule has 0 radical (unpaired) electrons. The highest BCUT2D eigenvalue weighted by atomic mass is 16.4. The molecule has 0 amide bonds. The van der Waals surface area contributed by atoms with Gasteiger partial charge >= 0.3 is 5.97 Å². The van der Waals surface area contributed by atoms with Gasteiger partial charge < -0.3 is 10.4 Å². The summed E-state index contributed by atoms with van der Waals surface area (Å²) >= 11 is 0. The van der Waals surface area contributed by atoms with E-state index in [2.05, 4.69) is 15.3 Å². The minimum atomic E-state index is -0.906. The Hall–Kier alpha value is -1.65. The first-order chi connectivity index (χ1) is 8.25. The fourth-order valence-corrected chi connectivity index (χ4v) is 2.24. The monoisotopic (exact) mass is 235 g/mol. The van der Waals surface area contributed by atoms with Crippen LogP contribution in [0.4, 0.5) is 5.95 Å². The van der Waals surface area contributed by atoms with Crippen LogP contribution in [0.3, 0.4) is 0 Å². The third-order valence-electron chi connectivity index (χ3n) is 3.10. The third-order valence-corrected chi connectivity index (χ3v) is 3.10. The molecule has 0 spiro atoms. The molecule has 0 bridgehead atoms. The molecule has 1 aliphatic rings. The summed E-state index contributed by atoms with van der Waals surface area (Å²) in [4.78, 5) is 18.8. The first-order valence-electron chi connectivity index (χ1n) is 6.04.